The Kier molecular flexibility index (Phi) is 5.62. The van der Waals surface area contributed by atoms with Crippen molar-refractivity contribution in [3.63, 3.8) is 0 Å². The van der Waals surface area contributed by atoms with E-state index >= 15 is 0 Å². The zero-order chi connectivity index (χ0) is 19.4. The number of ether oxygens (including phenoxy) is 1. The first-order chi connectivity index (χ1) is 12.9. The van der Waals surface area contributed by atoms with Crippen LogP contribution >= 0.6 is 11.6 Å². The summed E-state index contributed by atoms with van der Waals surface area (Å²) in [6.45, 7) is 3.56. The number of furan rings is 1. The molecular weight excluding hydrogens is 366 g/mol. The average Bonchev–Trinajstić information content (AvgIpc) is 3.12. The van der Waals surface area contributed by atoms with Crippen LogP contribution in [0, 0.1) is 6.92 Å². The molecule has 3 aromatic rings. The van der Waals surface area contributed by atoms with Crippen molar-refractivity contribution in [1.29, 1.82) is 0 Å². The maximum Gasteiger partial charge on any atom is 0.291 e. The smallest absolute Gasteiger partial charge is 0.291 e. The van der Waals surface area contributed by atoms with Crippen molar-refractivity contribution in [2.75, 3.05) is 5.32 Å². The highest BCUT2D eigenvalue weighted by Crippen LogP contribution is 2.22. The van der Waals surface area contributed by atoms with Crippen LogP contribution in [-0.2, 0) is 6.61 Å². The number of aryl methyl sites for hydroxylation is 1. The van der Waals surface area contributed by atoms with E-state index in [0.29, 0.717) is 27.8 Å². The second-order valence-electron chi connectivity index (χ2n) is 6.06. The number of hydrogen-bond acceptors (Lipinski definition) is 4. The predicted molar refractivity (Wildman–Crippen MR) is 104 cm³/mol. The first-order valence-corrected chi connectivity index (χ1v) is 8.70. The maximum atomic E-state index is 12.3. The van der Waals surface area contributed by atoms with Crippen LogP contribution in [0.2, 0.25) is 5.02 Å². The van der Waals surface area contributed by atoms with Gasteiger partial charge in [0.05, 0.1) is 0 Å². The van der Waals surface area contributed by atoms with Crippen molar-refractivity contribution in [1.82, 2.24) is 0 Å². The van der Waals surface area contributed by atoms with Crippen LogP contribution in [0.1, 0.15) is 39.2 Å². The van der Waals surface area contributed by atoms with Crippen LogP contribution < -0.4 is 10.1 Å². The molecule has 0 radical (unpaired) electrons. The SMILES string of the molecule is CC(=O)c1cccc(NC(=O)c2ccc(COc3ccc(Cl)c(C)c3)o2)c1. The fourth-order valence-corrected chi connectivity index (χ4v) is 2.57. The molecule has 0 bridgehead atoms. The molecule has 0 saturated carbocycles. The van der Waals surface area contributed by atoms with E-state index in [4.69, 9.17) is 20.8 Å². The van der Waals surface area contributed by atoms with Crippen LogP contribution in [0.4, 0.5) is 5.69 Å². The molecule has 3 rings (SSSR count). The minimum Gasteiger partial charge on any atom is -0.486 e. The number of carbonyl (C=O) groups is 2. The van der Waals surface area contributed by atoms with Gasteiger partial charge in [-0.15, -0.1) is 0 Å². The molecule has 0 aliphatic rings. The number of amides is 1. The fraction of sp³-hybridized carbons (Fsp3) is 0.143. The van der Waals surface area contributed by atoms with E-state index in [0.717, 1.165) is 5.56 Å². The van der Waals surface area contributed by atoms with E-state index in [1.54, 1.807) is 48.5 Å². The summed E-state index contributed by atoms with van der Waals surface area (Å²) in [4.78, 5) is 23.8. The Bertz CT molecular complexity index is 993. The Morgan fingerprint density at radius 3 is 2.67 bits per heavy atom. The summed E-state index contributed by atoms with van der Waals surface area (Å²) >= 11 is 5.99. The average molecular weight is 384 g/mol. The zero-order valence-corrected chi connectivity index (χ0v) is 15.7. The van der Waals surface area contributed by atoms with E-state index < -0.39 is 5.91 Å². The summed E-state index contributed by atoms with van der Waals surface area (Å²) < 4.78 is 11.2. The summed E-state index contributed by atoms with van der Waals surface area (Å²) in [5.41, 5.74) is 1.97. The van der Waals surface area contributed by atoms with Crippen LogP contribution in [0.15, 0.2) is 59.0 Å². The van der Waals surface area contributed by atoms with Crippen molar-refractivity contribution in [2.45, 2.75) is 20.5 Å². The molecule has 0 spiro atoms. The van der Waals surface area contributed by atoms with E-state index in [-0.39, 0.29) is 18.2 Å². The van der Waals surface area contributed by atoms with Gasteiger partial charge in [0.25, 0.3) is 5.91 Å². The summed E-state index contributed by atoms with van der Waals surface area (Å²) in [6.07, 6.45) is 0. The second kappa shape index (κ2) is 8.10. The van der Waals surface area contributed by atoms with Crippen LogP contribution in [0.5, 0.6) is 5.75 Å². The lowest BCUT2D eigenvalue weighted by Gasteiger charge is -2.06. The summed E-state index contributed by atoms with van der Waals surface area (Å²) in [7, 11) is 0. The lowest BCUT2D eigenvalue weighted by atomic mass is 10.1. The largest absolute Gasteiger partial charge is 0.486 e. The van der Waals surface area contributed by atoms with Gasteiger partial charge in [-0.3, -0.25) is 9.59 Å². The normalized spacial score (nSPS) is 10.5. The van der Waals surface area contributed by atoms with E-state index in [2.05, 4.69) is 5.32 Å². The van der Waals surface area contributed by atoms with Crippen LogP contribution in [0.25, 0.3) is 0 Å². The van der Waals surface area contributed by atoms with Crippen molar-refractivity contribution < 1.29 is 18.7 Å². The number of carbonyl (C=O) groups excluding carboxylic acids is 2. The van der Waals surface area contributed by atoms with Gasteiger partial charge in [0.1, 0.15) is 18.1 Å². The summed E-state index contributed by atoms with van der Waals surface area (Å²) in [6, 6.07) is 15.4. The highest BCUT2D eigenvalue weighted by Gasteiger charge is 2.13. The van der Waals surface area contributed by atoms with Gasteiger partial charge in [-0.25, -0.2) is 0 Å². The van der Waals surface area contributed by atoms with E-state index in [1.165, 1.54) is 6.92 Å². The third-order valence-corrected chi connectivity index (χ3v) is 4.35. The first kappa shape index (κ1) is 18.7. The van der Waals surface area contributed by atoms with Gasteiger partial charge in [0.2, 0.25) is 0 Å². The number of hydrogen-bond donors (Lipinski definition) is 1. The number of nitrogens with one attached hydrogen (secondary N) is 1. The van der Waals surface area contributed by atoms with Gasteiger partial charge >= 0.3 is 0 Å². The molecule has 0 atom stereocenters. The first-order valence-electron chi connectivity index (χ1n) is 8.32. The Labute approximate surface area is 161 Å². The molecule has 0 aliphatic carbocycles. The quantitative estimate of drug-likeness (QED) is 0.588. The van der Waals surface area contributed by atoms with Gasteiger partial charge in [-0.2, -0.15) is 0 Å². The van der Waals surface area contributed by atoms with Crippen LogP contribution in [-0.4, -0.2) is 11.7 Å². The predicted octanol–water partition coefficient (Wildman–Crippen LogP) is 5.28. The highest BCUT2D eigenvalue weighted by molar-refractivity contribution is 6.31. The second-order valence-corrected chi connectivity index (χ2v) is 6.46. The van der Waals surface area contributed by atoms with E-state index in [9.17, 15) is 9.59 Å². The monoisotopic (exact) mass is 383 g/mol. The Morgan fingerprint density at radius 2 is 1.93 bits per heavy atom. The molecule has 2 aromatic carbocycles. The Balaban J connectivity index is 1.62. The minimum atomic E-state index is -0.399. The van der Waals surface area contributed by atoms with Gasteiger partial charge in [0, 0.05) is 16.3 Å². The molecule has 1 aromatic heterocycles. The highest BCUT2D eigenvalue weighted by atomic mass is 35.5. The van der Waals surface area contributed by atoms with Gasteiger partial charge in [-0.1, -0.05) is 23.7 Å². The lowest BCUT2D eigenvalue weighted by molar-refractivity contribution is 0.0988. The molecule has 1 amide bonds. The number of anilines is 1. The molecule has 6 heteroatoms. The fourth-order valence-electron chi connectivity index (χ4n) is 2.45. The van der Waals surface area contributed by atoms with Crippen LogP contribution in [0.3, 0.4) is 0 Å². The summed E-state index contributed by atoms with van der Waals surface area (Å²) in [5, 5.41) is 3.39. The zero-order valence-electron chi connectivity index (χ0n) is 14.9. The van der Waals surface area contributed by atoms with Crippen molar-refractivity contribution in [2.24, 2.45) is 0 Å². The molecule has 0 aliphatic heterocycles. The van der Waals surface area contributed by atoms with Gasteiger partial charge < -0.3 is 14.5 Å². The van der Waals surface area contributed by atoms with E-state index in [1.807, 2.05) is 13.0 Å². The lowest BCUT2D eigenvalue weighted by Crippen LogP contribution is -2.11. The maximum absolute atomic E-state index is 12.3. The molecule has 1 heterocycles. The standard InChI is InChI=1S/C21H18ClNO4/c1-13-10-17(6-8-19(13)22)26-12-18-7-9-20(27-18)21(25)23-16-5-3-4-15(11-16)14(2)24/h3-11H,12H2,1-2H3,(H,23,25). The molecule has 138 valence electrons. The molecule has 27 heavy (non-hydrogen) atoms. The molecule has 0 unspecified atom stereocenters. The van der Waals surface area contributed by atoms with Crippen molar-refractivity contribution in [3.05, 3.63) is 82.3 Å². The minimum absolute atomic E-state index is 0.0685. The Morgan fingerprint density at radius 1 is 1.11 bits per heavy atom. The van der Waals surface area contributed by atoms with Crippen molar-refractivity contribution >= 4 is 29.0 Å². The molecule has 1 N–H and O–H groups in total. The molecular formula is C21H18ClNO4. The number of halogens is 1. The molecule has 0 saturated heterocycles. The summed E-state index contributed by atoms with van der Waals surface area (Å²) in [5.74, 6) is 0.880. The Hall–Kier alpha value is -3.05. The number of ketones is 1. The van der Waals surface area contributed by atoms with Gasteiger partial charge in [-0.05, 0) is 61.9 Å². The number of rotatable bonds is 6. The number of Topliss-reactive ketones (excluding diaryl/α,β-unsaturated/α-hetero) is 1. The number of benzene rings is 2. The molecule has 5 nitrogen and oxygen atoms in total. The third kappa shape index (κ3) is 4.77. The topological polar surface area (TPSA) is 68.5 Å². The van der Waals surface area contributed by atoms with Crippen molar-refractivity contribution in [3.8, 4) is 5.75 Å². The molecule has 0 fully saturated rings. The van der Waals surface area contributed by atoms with Gasteiger partial charge in [0.15, 0.2) is 11.5 Å². The third-order valence-electron chi connectivity index (χ3n) is 3.92.